The number of likely N-dealkylation sites (tertiary alicyclic amines) is 1. The molecule has 0 saturated carbocycles. The first kappa shape index (κ1) is 10.8. The Morgan fingerprint density at radius 2 is 2.08 bits per heavy atom. The molecule has 1 fully saturated rings. The Kier molecular flexibility index (Phi) is 3.22. The highest BCUT2D eigenvalue weighted by Gasteiger charge is 2.37. The maximum atomic E-state index is 12.2. The summed E-state index contributed by atoms with van der Waals surface area (Å²) in [4.78, 5) is 1.91. The molecule has 0 amide bonds. The van der Waals surface area contributed by atoms with Gasteiger partial charge < -0.3 is 4.90 Å². The predicted molar refractivity (Wildman–Crippen MR) is 45.4 cm³/mol. The van der Waals surface area contributed by atoms with Gasteiger partial charge in [-0.3, -0.25) is 0 Å². The van der Waals surface area contributed by atoms with Gasteiger partial charge in [0, 0.05) is 13.1 Å². The van der Waals surface area contributed by atoms with E-state index in [1.807, 2.05) is 4.90 Å². The van der Waals surface area contributed by atoms with Crippen molar-refractivity contribution in [1.82, 2.24) is 4.90 Å². The second-order valence-corrected chi connectivity index (χ2v) is 4.10. The molecule has 1 aliphatic rings. The minimum Gasteiger partial charge on any atom is -0.302 e. The van der Waals surface area contributed by atoms with E-state index in [1.165, 1.54) is 6.92 Å². The third-order valence-electron chi connectivity index (χ3n) is 2.60. The number of halogens is 3. The SMILES string of the molecule is CC1CCN(CC(C)C(F)(F)F)C1. The molecule has 1 nitrogen and oxygen atoms in total. The van der Waals surface area contributed by atoms with Crippen molar-refractivity contribution < 1.29 is 13.2 Å². The molecule has 1 saturated heterocycles. The van der Waals surface area contributed by atoms with Crippen LogP contribution in [0.3, 0.4) is 0 Å². The molecule has 0 radical (unpaired) electrons. The largest absolute Gasteiger partial charge is 0.392 e. The van der Waals surface area contributed by atoms with Gasteiger partial charge in [0.1, 0.15) is 0 Å². The summed E-state index contributed by atoms with van der Waals surface area (Å²) >= 11 is 0. The van der Waals surface area contributed by atoms with Gasteiger partial charge in [-0.15, -0.1) is 0 Å². The molecule has 0 bridgehead atoms. The van der Waals surface area contributed by atoms with E-state index in [4.69, 9.17) is 0 Å². The Hall–Kier alpha value is -0.250. The second-order valence-electron chi connectivity index (χ2n) is 4.10. The van der Waals surface area contributed by atoms with Crippen molar-refractivity contribution in [1.29, 1.82) is 0 Å². The van der Waals surface area contributed by atoms with E-state index in [1.54, 1.807) is 0 Å². The highest BCUT2D eigenvalue weighted by atomic mass is 19.4. The van der Waals surface area contributed by atoms with Gasteiger partial charge in [-0.25, -0.2) is 0 Å². The van der Waals surface area contributed by atoms with Crippen LogP contribution in [0.5, 0.6) is 0 Å². The monoisotopic (exact) mass is 195 g/mol. The van der Waals surface area contributed by atoms with E-state index >= 15 is 0 Å². The topological polar surface area (TPSA) is 3.24 Å². The third kappa shape index (κ3) is 3.18. The summed E-state index contributed by atoms with van der Waals surface area (Å²) in [7, 11) is 0. The summed E-state index contributed by atoms with van der Waals surface area (Å²) in [5.41, 5.74) is 0. The first-order valence-corrected chi connectivity index (χ1v) is 4.68. The normalized spacial score (nSPS) is 27.9. The van der Waals surface area contributed by atoms with Crippen molar-refractivity contribution in [2.45, 2.75) is 26.4 Å². The molecular formula is C9H16F3N. The summed E-state index contributed by atoms with van der Waals surface area (Å²) in [6.07, 6.45) is -3.00. The lowest BCUT2D eigenvalue weighted by molar-refractivity contribution is -0.173. The van der Waals surface area contributed by atoms with Gasteiger partial charge in [0.15, 0.2) is 0 Å². The van der Waals surface area contributed by atoms with Crippen molar-refractivity contribution >= 4 is 0 Å². The third-order valence-corrected chi connectivity index (χ3v) is 2.60. The minimum atomic E-state index is -4.04. The van der Waals surface area contributed by atoms with E-state index in [9.17, 15) is 13.2 Å². The van der Waals surface area contributed by atoms with E-state index in [2.05, 4.69) is 6.92 Å². The van der Waals surface area contributed by atoms with Crippen molar-refractivity contribution in [3.8, 4) is 0 Å². The molecule has 0 spiro atoms. The second kappa shape index (κ2) is 3.86. The smallest absolute Gasteiger partial charge is 0.302 e. The zero-order valence-electron chi connectivity index (χ0n) is 8.06. The van der Waals surface area contributed by atoms with Crippen LogP contribution in [0.25, 0.3) is 0 Å². The zero-order valence-corrected chi connectivity index (χ0v) is 8.06. The van der Waals surface area contributed by atoms with E-state index in [-0.39, 0.29) is 6.54 Å². The van der Waals surface area contributed by atoms with Crippen molar-refractivity contribution in [3.05, 3.63) is 0 Å². The molecule has 0 aliphatic carbocycles. The van der Waals surface area contributed by atoms with Crippen LogP contribution in [0.4, 0.5) is 13.2 Å². The lowest BCUT2D eigenvalue weighted by Crippen LogP contribution is -2.33. The molecule has 13 heavy (non-hydrogen) atoms. The van der Waals surface area contributed by atoms with Crippen LogP contribution in [0.1, 0.15) is 20.3 Å². The molecule has 0 aromatic carbocycles. The molecule has 1 rings (SSSR count). The van der Waals surface area contributed by atoms with E-state index in [0.29, 0.717) is 5.92 Å². The molecule has 0 aromatic rings. The van der Waals surface area contributed by atoms with Crippen molar-refractivity contribution in [2.24, 2.45) is 11.8 Å². The number of hydrogen-bond donors (Lipinski definition) is 0. The summed E-state index contributed by atoms with van der Waals surface area (Å²) in [5.74, 6) is -0.641. The van der Waals surface area contributed by atoms with Gasteiger partial charge in [0.2, 0.25) is 0 Å². The molecule has 78 valence electrons. The maximum Gasteiger partial charge on any atom is 0.392 e. The van der Waals surface area contributed by atoms with Crippen LogP contribution >= 0.6 is 0 Å². The first-order chi connectivity index (χ1) is 5.89. The lowest BCUT2D eigenvalue weighted by Gasteiger charge is -2.22. The maximum absolute atomic E-state index is 12.2. The van der Waals surface area contributed by atoms with E-state index in [0.717, 1.165) is 19.5 Å². The van der Waals surface area contributed by atoms with Gasteiger partial charge in [0.25, 0.3) is 0 Å². The number of rotatable bonds is 2. The highest BCUT2D eigenvalue weighted by Crippen LogP contribution is 2.27. The fourth-order valence-corrected chi connectivity index (χ4v) is 1.68. The molecule has 0 N–H and O–H groups in total. The van der Waals surface area contributed by atoms with Gasteiger partial charge in [0.05, 0.1) is 5.92 Å². The fraction of sp³-hybridized carbons (Fsp3) is 1.00. The standard InChI is InChI=1S/C9H16F3N/c1-7-3-4-13(5-7)6-8(2)9(10,11)12/h7-8H,3-6H2,1-2H3. The van der Waals surface area contributed by atoms with Crippen LogP contribution in [0, 0.1) is 11.8 Å². The van der Waals surface area contributed by atoms with Gasteiger partial charge in [-0.2, -0.15) is 13.2 Å². The summed E-state index contributed by atoms with van der Waals surface area (Å²) in [6.45, 7) is 5.14. The lowest BCUT2D eigenvalue weighted by atomic mass is 10.1. The van der Waals surface area contributed by atoms with Crippen LogP contribution < -0.4 is 0 Å². The molecule has 2 atom stereocenters. The molecule has 1 aliphatic heterocycles. The van der Waals surface area contributed by atoms with Crippen LogP contribution in [-0.4, -0.2) is 30.7 Å². The highest BCUT2D eigenvalue weighted by molar-refractivity contribution is 4.75. The van der Waals surface area contributed by atoms with Crippen LogP contribution in [0.15, 0.2) is 0 Å². The number of nitrogens with zero attached hydrogens (tertiary/aromatic N) is 1. The zero-order chi connectivity index (χ0) is 10.1. The summed E-state index contributed by atoms with van der Waals surface area (Å²) in [5, 5.41) is 0. The van der Waals surface area contributed by atoms with Crippen LogP contribution in [-0.2, 0) is 0 Å². The van der Waals surface area contributed by atoms with E-state index < -0.39 is 12.1 Å². The van der Waals surface area contributed by atoms with Crippen LogP contribution in [0.2, 0.25) is 0 Å². The van der Waals surface area contributed by atoms with Crippen molar-refractivity contribution in [3.63, 3.8) is 0 Å². The molecule has 1 heterocycles. The molecule has 2 unspecified atom stereocenters. The van der Waals surface area contributed by atoms with Gasteiger partial charge in [-0.1, -0.05) is 13.8 Å². The fourth-order valence-electron chi connectivity index (χ4n) is 1.68. The Labute approximate surface area is 76.9 Å². The Morgan fingerprint density at radius 1 is 1.46 bits per heavy atom. The average Bonchev–Trinajstić information content (AvgIpc) is 2.33. The Balaban J connectivity index is 2.33. The molecular weight excluding hydrogens is 179 g/mol. The Bertz CT molecular complexity index is 167. The number of hydrogen-bond acceptors (Lipinski definition) is 1. The Morgan fingerprint density at radius 3 is 2.46 bits per heavy atom. The minimum absolute atomic E-state index is 0.161. The van der Waals surface area contributed by atoms with Gasteiger partial charge in [-0.05, 0) is 18.9 Å². The molecule has 4 heteroatoms. The predicted octanol–water partition coefficient (Wildman–Crippen LogP) is 2.53. The average molecular weight is 195 g/mol. The summed E-state index contributed by atoms with van der Waals surface area (Å²) in [6, 6.07) is 0. The van der Waals surface area contributed by atoms with Crippen molar-refractivity contribution in [2.75, 3.05) is 19.6 Å². The first-order valence-electron chi connectivity index (χ1n) is 4.68. The number of alkyl halides is 3. The quantitative estimate of drug-likeness (QED) is 0.654. The van der Waals surface area contributed by atoms with Gasteiger partial charge >= 0.3 is 6.18 Å². The molecule has 0 aromatic heterocycles. The summed E-state index contributed by atoms with van der Waals surface area (Å²) < 4.78 is 36.5.